The molecule has 0 amide bonds. The van der Waals surface area contributed by atoms with E-state index in [0.717, 1.165) is 88.2 Å². The first kappa shape index (κ1) is 32.9. The molecule has 1 aliphatic carbocycles. The van der Waals surface area contributed by atoms with Gasteiger partial charge in [-0.3, -0.25) is 9.58 Å². The second-order valence-electron chi connectivity index (χ2n) is 13.1. The number of nitriles is 1. The molecule has 49 heavy (non-hydrogen) atoms. The first-order chi connectivity index (χ1) is 24.1. The third-order valence-corrected chi connectivity index (χ3v) is 9.58. The third kappa shape index (κ3) is 8.36. The quantitative estimate of drug-likeness (QED) is 0.224. The van der Waals surface area contributed by atoms with Gasteiger partial charge in [-0.15, -0.1) is 5.10 Å². The van der Waals surface area contributed by atoms with Gasteiger partial charge in [0.2, 0.25) is 5.95 Å². The summed E-state index contributed by atoms with van der Waals surface area (Å²) in [6, 6.07) is 8.62. The summed E-state index contributed by atoms with van der Waals surface area (Å²) in [5, 5.41) is 22.1. The Bertz CT molecular complexity index is 1670. The molecule has 14 heteroatoms. The van der Waals surface area contributed by atoms with Crippen LogP contribution in [0.15, 0.2) is 49.4 Å². The standard InChI is InChI=1S/C35H44N10O4/c1-25(19-44-24-37-23-40-44)49-33-15-27(4-5-28(33)16-36)29-17-38-35(39-18-29)41-32-20-45(42-34(32)48-22-26-3-2-12-47-21-26)31-8-6-30(7-9-31)43-10-13-46-14-11-43/h4-5,15,17-18,20,23-26,30-31H,2-3,6-14,19,21-22H2,1H3,(H,38,39,41). The second-order valence-corrected chi connectivity index (χ2v) is 13.1. The molecule has 14 nitrogen and oxygen atoms in total. The summed E-state index contributed by atoms with van der Waals surface area (Å²) in [6.07, 6.45) is 15.0. The smallest absolute Gasteiger partial charge is 0.256 e. The van der Waals surface area contributed by atoms with Crippen molar-refractivity contribution in [1.29, 1.82) is 5.26 Å². The first-order valence-corrected chi connectivity index (χ1v) is 17.4. The van der Waals surface area contributed by atoms with Crippen LogP contribution in [0.1, 0.15) is 57.1 Å². The average Bonchev–Trinajstić information content (AvgIpc) is 3.82. The number of aromatic nitrogens is 7. The SMILES string of the molecule is CC(Cn1cncn1)Oc1cc(-c2cnc(Nc3cn(C4CCC(N5CCOCC5)CC4)nc3OCC3CCCOC3)nc2)ccc1C#N. The van der Waals surface area contributed by atoms with Crippen LogP contribution in [0.4, 0.5) is 11.6 Å². The van der Waals surface area contributed by atoms with Gasteiger partial charge >= 0.3 is 0 Å². The predicted molar refractivity (Wildman–Crippen MR) is 181 cm³/mol. The van der Waals surface area contributed by atoms with Crippen LogP contribution in [-0.2, 0) is 16.0 Å². The van der Waals surface area contributed by atoms with E-state index < -0.39 is 0 Å². The molecule has 3 aromatic heterocycles. The van der Waals surface area contributed by atoms with Gasteiger partial charge in [0.05, 0.1) is 50.8 Å². The van der Waals surface area contributed by atoms with Crippen molar-refractivity contribution in [3.63, 3.8) is 0 Å². The van der Waals surface area contributed by atoms with E-state index in [4.69, 9.17) is 24.0 Å². The fourth-order valence-corrected chi connectivity index (χ4v) is 6.92. The van der Waals surface area contributed by atoms with Gasteiger partial charge in [-0.05, 0) is 63.1 Å². The predicted octanol–water partition coefficient (Wildman–Crippen LogP) is 4.64. The molecule has 7 rings (SSSR count). The number of anilines is 2. The molecule has 2 saturated heterocycles. The average molecular weight is 669 g/mol. The minimum absolute atomic E-state index is 0.227. The van der Waals surface area contributed by atoms with Crippen LogP contribution in [0, 0.1) is 17.2 Å². The maximum atomic E-state index is 9.69. The number of nitrogens with one attached hydrogen (secondary N) is 1. The molecule has 1 aromatic carbocycles. The number of hydrogen-bond donors (Lipinski definition) is 1. The zero-order valence-electron chi connectivity index (χ0n) is 28.0. The lowest BCUT2D eigenvalue weighted by atomic mass is 9.90. The van der Waals surface area contributed by atoms with E-state index >= 15 is 0 Å². The number of hydrogen-bond acceptors (Lipinski definition) is 12. The van der Waals surface area contributed by atoms with E-state index in [9.17, 15) is 5.26 Å². The van der Waals surface area contributed by atoms with Gasteiger partial charge in [-0.2, -0.15) is 10.4 Å². The van der Waals surface area contributed by atoms with Crippen molar-refractivity contribution in [1.82, 2.24) is 39.4 Å². The topological polar surface area (TPSA) is 150 Å². The Labute approximate surface area is 286 Å². The lowest BCUT2D eigenvalue weighted by Gasteiger charge is -2.38. The molecular weight excluding hydrogens is 624 g/mol. The van der Waals surface area contributed by atoms with E-state index in [0.29, 0.717) is 60.9 Å². The zero-order chi connectivity index (χ0) is 33.4. The number of ether oxygens (including phenoxy) is 4. The van der Waals surface area contributed by atoms with Gasteiger partial charge in [-0.25, -0.2) is 19.6 Å². The van der Waals surface area contributed by atoms with Crippen LogP contribution in [-0.4, -0.2) is 97.7 Å². The van der Waals surface area contributed by atoms with Crippen LogP contribution in [0.25, 0.3) is 11.1 Å². The van der Waals surface area contributed by atoms with Crippen LogP contribution < -0.4 is 14.8 Å². The van der Waals surface area contributed by atoms with E-state index in [1.807, 2.05) is 25.3 Å². The van der Waals surface area contributed by atoms with Gasteiger partial charge in [0.1, 0.15) is 36.3 Å². The molecule has 258 valence electrons. The lowest BCUT2D eigenvalue weighted by Crippen LogP contribution is -2.45. The molecule has 1 N–H and O–H groups in total. The second kappa shape index (κ2) is 15.8. The summed E-state index contributed by atoms with van der Waals surface area (Å²) in [7, 11) is 0. The van der Waals surface area contributed by atoms with Gasteiger partial charge in [0, 0.05) is 49.6 Å². The van der Waals surface area contributed by atoms with Gasteiger partial charge in [0.25, 0.3) is 5.88 Å². The number of benzene rings is 1. The summed E-state index contributed by atoms with van der Waals surface area (Å²) < 4.78 is 27.5. The normalized spacial score (nSPS) is 22.2. The van der Waals surface area contributed by atoms with Crippen molar-refractivity contribution >= 4 is 11.6 Å². The monoisotopic (exact) mass is 668 g/mol. The molecule has 0 bridgehead atoms. The molecule has 0 spiro atoms. The number of morpholine rings is 1. The highest BCUT2D eigenvalue weighted by atomic mass is 16.5. The fraction of sp³-hybridized carbons (Fsp3) is 0.543. The molecule has 4 aromatic rings. The first-order valence-electron chi connectivity index (χ1n) is 17.4. The van der Waals surface area contributed by atoms with E-state index in [-0.39, 0.29) is 6.10 Å². The molecule has 0 radical (unpaired) electrons. The molecule has 2 aliphatic heterocycles. The summed E-state index contributed by atoms with van der Waals surface area (Å²) in [6.45, 7) is 8.23. The minimum atomic E-state index is -0.227. The molecule has 3 fully saturated rings. The Hall–Kier alpha value is -4.58. The van der Waals surface area contributed by atoms with Crippen molar-refractivity contribution in [2.45, 2.75) is 70.2 Å². The highest BCUT2D eigenvalue weighted by Crippen LogP contribution is 2.35. The minimum Gasteiger partial charge on any atom is -0.487 e. The van der Waals surface area contributed by atoms with E-state index in [1.165, 1.54) is 6.33 Å². The number of rotatable bonds is 12. The van der Waals surface area contributed by atoms with Crippen LogP contribution in [0.5, 0.6) is 11.6 Å². The van der Waals surface area contributed by atoms with Gasteiger partial charge in [0.15, 0.2) is 0 Å². The van der Waals surface area contributed by atoms with E-state index in [1.54, 1.807) is 29.5 Å². The number of nitrogens with zero attached hydrogens (tertiary/aromatic N) is 9. The molecule has 5 heterocycles. The fourth-order valence-electron chi connectivity index (χ4n) is 6.92. The Morgan fingerprint density at radius 3 is 2.57 bits per heavy atom. The Morgan fingerprint density at radius 1 is 1.02 bits per heavy atom. The van der Waals surface area contributed by atoms with Crippen LogP contribution in [0.3, 0.4) is 0 Å². The lowest BCUT2D eigenvalue weighted by molar-refractivity contribution is 0.00498. The van der Waals surface area contributed by atoms with Crippen LogP contribution >= 0.6 is 0 Å². The third-order valence-electron chi connectivity index (χ3n) is 9.58. The summed E-state index contributed by atoms with van der Waals surface area (Å²) >= 11 is 0. The summed E-state index contributed by atoms with van der Waals surface area (Å²) in [4.78, 5) is 15.8. The Balaban J connectivity index is 1.04. The van der Waals surface area contributed by atoms with Crippen molar-refractivity contribution in [2.75, 3.05) is 51.4 Å². The van der Waals surface area contributed by atoms with Gasteiger partial charge < -0.3 is 24.3 Å². The largest absolute Gasteiger partial charge is 0.487 e. The maximum absolute atomic E-state index is 9.69. The highest BCUT2D eigenvalue weighted by molar-refractivity contribution is 5.67. The molecule has 1 saturated carbocycles. The molecule has 2 atom stereocenters. The highest BCUT2D eigenvalue weighted by Gasteiger charge is 2.29. The van der Waals surface area contributed by atoms with Crippen molar-refractivity contribution in [3.05, 3.63) is 55.0 Å². The Kier molecular flexibility index (Phi) is 10.6. The van der Waals surface area contributed by atoms with Crippen molar-refractivity contribution in [3.8, 4) is 28.8 Å². The summed E-state index contributed by atoms with van der Waals surface area (Å²) in [5.74, 6) is 1.84. The van der Waals surface area contributed by atoms with Crippen molar-refractivity contribution < 1.29 is 18.9 Å². The zero-order valence-corrected chi connectivity index (χ0v) is 28.0. The van der Waals surface area contributed by atoms with Crippen molar-refractivity contribution in [2.24, 2.45) is 5.92 Å². The molecular formula is C35H44N10O4. The maximum Gasteiger partial charge on any atom is 0.256 e. The molecule has 3 aliphatic rings. The Morgan fingerprint density at radius 2 is 1.84 bits per heavy atom. The van der Waals surface area contributed by atoms with Gasteiger partial charge in [-0.1, -0.05) is 6.07 Å². The molecule has 2 unspecified atom stereocenters. The van der Waals surface area contributed by atoms with Crippen LogP contribution in [0.2, 0.25) is 0 Å². The summed E-state index contributed by atoms with van der Waals surface area (Å²) in [5.41, 5.74) is 2.83. The van der Waals surface area contributed by atoms with E-state index in [2.05, 4.69) is 41.0 Å².